The van der Waals surface area contributed by atoms with Crippen molar-refractivity contribution in [2.75, 3.05) is 19.6 Å². The standard InChI is InChI=1S/C16H32N2O2/c1-16(2,3)20-15(19)18-12-7-11-17-13-10-14-8-5-4-6-9-14/h14,17H,4-13H2,1-3H3,(H,18,19). The molecule has 0 aliphatic heterocycles. The lowest BCUT2D eigenvalue weighted by atomic mass is 9.87. The third kappa shape index (κ3) is 9.18. The lowest BCUT2D eigenvalue weighted by molar-refractivity contribution is 0.0527. The van der Waals surface area contributed by atoms with Crippen molar-refractivity contribution in [2.45, 2.75) is 71.3 Å². The summed E-state index contributed by atoms with van der Waals surface area (Å²) in [5.41, 5.74) is -0.414. The average Bonchev–Trinajstić information content (AvgIpc) is 2.37. The molecule has 1 saturated carbocycles. The van der Waals surface area contributed by atoms with Crippen LogP contribution in [0.5, 0.6) is 0 Å². The molecule has 0 bridgehead atoms. The van der Waals surface area contributed by atoms with E-state index >= 15 is 0 Å². The van der Waals surface area contributed by atoms with Crippen LogP contribution in [0, 0.1) is 5.92 Å². The fourth-order valence-electron chi connectivity index (χ4n) is 2.63. The van der Waals surface area contributed by atoms with Crippen molar-refractivity contribution in [2.24, 2.45) is 5.92 Å². The molecule has 2 N–H and O–H groups in total. The van der Waals surface area contributed by atoms with Crippen LogP contribution >= 0.6 is 0 Å². The third-order valence-electron chi connectivity index (χ3n) is 3.65. The fraction of sp³-hybridized carbons (Fsp3) is 0.938. The van der Waals surface area contributed by atoms with Gasteiger partial charge in [0.25, 0.3) is 0 Å². The molecule has 0 unspecified atom stereocenters. The number of rotatable bonds is 7. The molecular formula is C16H32N2O2. The van der Waals surface area contributed by atoms with Crippen molar-refractivity contribution in [1.82, 2.24) is 10.6 Å². The van der Waals surface area contributed by atoms with Gasteiger partial charge < -0.3 is 15.4 Å². The van der Waals surface area contributed by atoms with E-state index in [1.165, 1.54) is 38.5 Å². The summed E-state index contributed by atoms with van der Waals surface area (Å²) in [5, 5.41) is 6.24. The number of alkyl carbamates (subject to hydrolysis) is 1. The van der Waals surface area contributed by atoms with Gasteiger partial charge in [-0.1, -0.05) is 32.1 Å². The molecule has 0 aromatic rings. The summed E-state index contributed by atoms with van der Waals surface area (Å²) in [7, 11) is 0. The van der Waals surface area contributed by atoms with E-state index < -0.39 is 5.60 Å². The molecule has 0 aromatic carbocycles. The summed E-state index contributed by atoms with van der Waals surface area (Å²) < 4.78 is 5.17. The van der Waals surface area contributed by atoms with Crippen molar-refractivity contribution >= 4 is 6.09 Å². The lowest BCUT2D eigenvalue weighted by Gasteiger charge is -2.21. The van der Waals surface area contributed by atoms with Crippen LogP contribution in [0.4, 0.5) is 4.79 Å². The Balaban J connectivity index is 1.88. The van der Waals surface area contributed by atoms with E-state index in [0.29, 0.717) is 6.54 Å². The van der Waals surface area contributed by atoms with Gasteiger partial charge in [-0.25, -0.2) is 4.79 Å². The topological polar surface area (TPSA) is 50.4 Å². The number of hydrogen-bond donors (Lipinski definition) is 2. The second-order valence-electron chi connectivity index (χ2n) is 6.82. The van der Waals surface area contributed by atoms with Crippen molar-refractivity contribution in [3.8, 4) is 0 Å². The lowest BCUT2D eigenvalue weighted by Crippen LogP contribution is -2.34. The molecule has 0 heterocycles. The number of carbonyl (C=O) groups is 1. The number of nitrogens with one attached hydrogen (secondary N) is 2. The number of carbonyl (C=O) groups excluding carboxylic acids is 1. The Hall–Kier alpha value is -0.770. The van der Waals surface area contributed by atoms with Crippen LogP contribution in [0.3, 0.4) is 0 Å². The summed E-state index contributed by atoms with van der Waals surface area (Å²) in [5.74, 6) is 0.941. The predicted octanol–water partition coefficient (Wildman–Crippen LogP) is 3.46. The van der Waals surface area contributed by atoms with Gasteiger partial charge in [0.2, 0.25) is 0 Å². The molecule has 118 valence electrons. The first-order valence-electron chi connectivity index (χ1n) is 8.15. The molecule has 4 nitrogen and oxygen atoms in total. The first kappa shape index (κ1) is 17.3. The SMILES string of the molecule is CC(C)(C)OC(=O)NCCCNCCC1CCCCC1. The molecule has 1 aliphatic rings. The molecule has 0 aromatic heterocycles. The van der Waals surface area contributed by atoms with E-state index in [1.807, 2.05) is 20.8 Å². The van der Waals surface area contributed by atoms with E-state index in [4.69, 9.17) is 4.74 Å². The first-order chi connectivity index (χ1) is 9.47. The number of ether oxygens (including phenoxy) is 1. The zero-order valence-corrected chi connectivity index (χ0v) is 13.5. The van der Waals surface area contributed by atoms with Crippen molar-refractivity contribution in [1.29, 1.82) is 0 Å². The molecule has 1 fully saturated rings. The van der Waals surface area contributed by atoms with E-state index in [0.717, 1.165) is 25.4 Å². The van der Waals surface area contributed by atoms with Crippen LogP contribution in [0.25, 0.3) is 0 Å². The molecule has 1 aliphatic carbocycles. The van der Waals surface area contributed by atoms with Gasteiger partial charge in [0.1, 0.15) is 5.60 Å². The van der Waals surface area contributed by atoms with E-state index in [9.17, 15) is 4.79 Å². The summed E-state index contributed by atoms with van der Waals surface area (Å²) in [6, 6.07) is 0. The van der Waals surface area contributed by atoms with Gasteiger partial charge in [-0.2, -0.15) is 0 Å². The number of hydrogen-bond acceptors (Lipinski definition) is 3. The Kier molecular flexibility index (Phi) is 7.97. The fourth-order valence-corrected chi connectivity index (χ4v) is 2.63. The molecule has 0 spiro atoms. The quantitative estimate of drug-likeness (QED) is 0.704. The van der Waals surface area contributed by atoms with Gasteiger partial charge in [0, 0.05) is 6.54 Å². The smallest absolute Gasteiger partial charge is 0.407 e. The second kappa shape index (κ2) is 9.22. The predicted molar refractivity (Wildman–Crippen MR) is 82.9 cm³/mol. The van der Waals surface area contributed by atoms with Crippen LogP contribution < -0.4 is 10.6 Å². The van der Waals surface area contributed by atoms with Gasteiger partial charge in [0.05, 0.1) is 0 Å². The minimum atomic E-state index is -0.414. The average molecular weight is 284 g/mol. The summed E-state index contributed by atoms with van der Waals surface area (Å²) in [4.78, 5) is 11.4. The van der Waals surface area contributed by atoms with E-state index in [1.54, 1.807) is 0 Å². The molecule has 1 rings (SSSR count). The molecule has 0 radical (unpaired) electrons. The molecule has 1 amide bonds. The normalized spacial score (nSPS) is 16.9. The third-order valence-corrected chi connectivity index (χ3v) is 3.65. The first-order valence-corrected chi connectivity index (χ1v) is 8.15. The number of amides is 1. The Bertz CT molecular complexity index is 268. The monoisotopic (exact) mass is 284 g/mol. The van der Waals surface area contributed by atoms with E-state index in [2.05, 4.69) is 10.6 Å². The minimum Gasteiger partial charge on any atom is -0.444 e. The Labute approximate surface area is 124 Å². The van der Waals surface area contributed by atoms with Crippen LogP contribution in [-0.2, 0) is 4.74 Å². The second-order valence-corrected chi connectivity index (χ2v) is 6.82. The van der Waals surface area contributed by atoms with Crippen molar-refractivity contribution in [3.05, 3.63) is 0 Å². The Morgan fingerprint density at radius 2 is 1.80 bits per heavy atom. The molecule has 4 heteroatoms. The molecule has 0 saturated heterocycles. The van der Waals surface area contributed by atoms with Crippen LogP contribution in [0.2, 0.25) is 0 Å². The molecular weight excluding hydrogens is 252 g/mol. The summed E-state index contributed by atoms with van der Waals surface area (Å²) in [6.45, 7) is 8.36. The zero-order valence-electron chi connectivity index (χ0n) is 13.5. The minimum absolute atomic E-state index is 0.320. The highest BCUT2D eigenvalue weighted by molar-refractivity contribution is 5.67. The summed E-state index contributed by atoms with van der Waals surface area (Å²) >= 11 is 0. The highest BCUT2D eigenvalue weighted by Gasteiger charge is 2.15. The highest BCUT2D eigenvalue weighted by atomic mass is 16.6. The van der Waals surface area contributed by atoms with Gasteiger partial charge >= 0.3 is 6.09 Å². The largest absolute Gasteiger partial charge is 0.444 e. The molecule has 20 heavy (non-hydrogen) atoms. The van der Waals surface area contributed by atoms with Crippen molar-refractivity contribution < 1.29 is 9.53 Å². The zero-order chi connectivity index (χ0) is 14.8. The Morgan fingerprint density at radius 3 is 2.45 bits per heavy atom. The van der Waals surface area contributed by atoms with Crippen molar-refractivity contribution in [3.63, 3.8) is 0 Å². The van der Waals surface area contributed by atoms with Crippen LogP contribution in [0.15, 0.2) is 0 Å². The maximum absolute atomic E-state index is 11.4. The maximum Gasteiger partial charge on any atom is 0.407 e. The van der Waals surface area contributed by atoms with Gasteiger partial charge in [-0.05, 0) is 52.6 Å². The van der Waals surface area contributed by atoms with Gasteiger partial charge in [-0.3, -0.25) is 0 Å². The van der Waals surface area contributed by atoms with Crippen LogP contribution in [0.1, 0.15) is 65.7 Å². The molecule has 0 atom stereocenters. The maximum atomic E-state index is 11.4. The van der Waals surface area contributed by atoms with Gasteiger partial charge in [0.15, 0.2) is 0 Å². The highest BCUT2D eigenvalue weighted by Crippen LogP contribution is 2.25. The van der Waals surface area contributed by atoms with E-state index in [-0.39, 0.29) is 6.09 Å². The van der Waals surface area contributed by atoms with Crippen LogP contribution in [-0.4, -0.2) is 31.3 Å². The van der Waals surface area contributed by atoms with Gasteiger partial charge in [-0.15, -0.1) is 0 Å². The summed E-state index contributed by atoms with van der Waals surface area (Å²) in [6.07, 6.45) is 9.04. The Morgan fingerprint density at radius 1 is 1.10 bits per heavy atom.